The zero-order valence-corrected chi connectivity index (χ0v) is 13.9. The van der Waals surface area contributed by atoms with Gasteiger partial charge >= 0.3 is 5.97 Å². The number of nitrogens with one attached hydrogen (secondary N) is 1. The van der Waals surface area contributed by atoms with Crippen LogP contribution in [0, 0.1) is 0 Å². The molecule has 0 unspecified atom stereocenters. The summed E-state index contributed by atoms with van der Waals surface area (Å²) in [7, 11) is 1.38. The van der Waals surface area contributed by atoms with Crippen LogP contribution in [0.1, 0.15) is 26.3 Å². The molecule has 2 rings (SSSR count). The molecular weight excluding hydrogens is 355 g/mol. The number of halogens is 2. The number of aromatic carboxylic acids is 1. The van der Waals surface area contributed by atoms with Crippen molar-refractivity contribution in [1.82, 2.24) is 5.43 Å². The molecule has 0 radical (unpaired) electrons. The molecule has 0 aliphatic rings. The molecule has 0 bridgehead atoms. The van der Waals surface area contributed by atoms with Gasteiger partial charge in [-0.25, -0.2) is 10.2 Å². The van der Waals surface area contributed by atoms with Crippen LogP contribution in [0.3, 0.4) is 0 Å². The maximum Gasteiger partial charge on any atom is 0.339 e. The molecule has 2 N–H and O–H groups in total. The molecule has 6 nitrogen and oxygen atoms in total. The molecule has 24 heavy (non-hydrogen) atoms. The Morgan fingerprint density at radius 2 is 1.92 bits per heavy atom. The third kappa shape index (κ3) is 4.24. The lowest BCUT2D eigenvalue weighted by Crippen LogP contribution is -2.18. The van der Waals surface area contributed by atoms with Gasteiger partial charge in [0.2, 0.25) is 0 Å². The molecule has 0 spiro atoms. The number of hydrogen-bond donors (Lipinski definition) is 2. The van der Waals surface area contributed by atoms with Gasteiger partial charge in [-0.15, -0.1) is 0 Å². The lowest BCUT2D eigenvalue weighted by molar-refractivity contribution is 0.0693. The van der Waals surface area contributed by atoms with Gasteiger partial charge < -0.3 is 9.84 Å². The van der Waals surface area contributed by atoms with Crippen LogP contribution >= 0.6 is 23.2 Å². The molecular formula is C16H12Cl2N2O4. The van der Waals surface area contributed by atoms with E-state index in [9.17, 15) is 9.59 Å². The highest BCUT2D eigenvalue weighted by Gasteiger charge is 2.11. The number of rotatable bonds is 5. The van der Waals surface area contributed by atoms with Gasteiger partial charge in [0.25, 0.3) is 5.91 Å². The van der Waals surface area contributed by atoms with Gasteiger partial charge in [-0.1, -0.05) is 23.2 Å². The van der Waals surface area contributed by atoms with Crippen molar-refractivity contribution in [3.63, 3.8) is 0 Å². The number of methoxy groups -OCH3 is 1. The van der Waals surface area contributed by atoms with Crippen LogP contribution in [0.15, 0.2) is 41.5 Å². The fraction of sp³-hybridized carbons (Fsp3) is 0.0625. The third-order valence-electron chi connectivity index (χ3n) is 3.01. The highest BCUT2D eigenvalue weighted by atomic mass is 35.5. The van der Waals surface area contributed by atoms with Gasteiger partial charge in [0.1, 0.15) is 11.3 Å². The average Bonchev–Trinajstić information content (AvgIpc) is 2.54. The number of hydrazone groups is 1. The third-order valence-corrected chi connectivity index (χ3v) is 3.56. The van der Waals surface area contributed by atoms with Gasteiger partial charge in [0, 0.05) is 5.02 Å². The summed E-state index contributed by atoms with van der Waals surface area (Å²) in [6.45, 7) is 0. The Bertz CT molecular complexity index is 822. The van der Waals surface area contributed by atoms with Crippen LogP contribution < -0.4 is 10.2 Å². The average molecular weight is 367 g/mol. The first-order chi connectivity index (χ1) is 11.4. The Morgan fingerprint density at radius 3 is 2.54 bits per heavy atom. The van der Waals surface area contributed by atoms with E-state index in [1.54, 1.807) is 6.07 Å². The van der Waals surface area contributed by atoms with Crippen LogP contribution in [0.2, 0.25) is 10.0 Å². The highest BCUT2D eigenvalue weighted by molar-refractivity contribution is 6.36. The lowest BCUT2D eigenvalue weighted by atomic mass is 10.1. The van der Waals surface area contributed by atoms with Gasteiger partial charge in [-0.2, -0.15) is 5.10 Å². The second kappa shape index (κ2) is 7.81. The fourth-order valence-corrected chi connectivity index (χ4v) is 2.37. The monoisotopic (exact) mass is 366 g/mol. The molecule has 0 heterocycles. The number of carbonyl (C=O) groups excluding carboxylic acids is 1. The Balaban J connectivity index is 2.12. The Morgan fingerprint density at radius 1 is 1.17 bits per heavy atom. The predicted octanol–water partition coefficient (Wildman–Crippen LogP) is 3.46. The summed E-state index contributed by atoms with van der Waals surface area (Å²) in [4.78, 5) is 23.1. The number of ether oxygens (including phenoxy) is 1. The van der Waals surface area contributed by atoms with E-state index in [0.29, 0.717) is 10.6 Å². The molecule has 2 aromatic carbocycles. The minimum absolute atomic E-state index is 0.00600. The summed E-state index contributed by atoms with van der Waals surface area (Å²) in [6, 6.07) is 8.95. The van der Waals surface area contributed by atoms with Gasteiger partial charge in [-0.3, -0.25) is 4.79 Å². The molecule has 0 aromatic heterocycles. The first kappa shape index (κ1) is 17.8. The molecule has 0 aliphatic heterocycles. The van der Waals surface area contributed by atoms with Crippen molar-refractivity contribution in [1.29, 1.82) is 0 Å². The van der Waals surface area contributed by atoms with E-state index in [1.807, 2.05) is 0 Å². The molecule has 0 saturated heterocycles. The Kier molecular flexibility index (Phi) is 5.78. The minimum atomic E-state index is -1.13. The maximum atomic E-state index is 12.0. The molecule has 8 heteroatoms. The van der Waals surface area contributed by atoms with Crippen LogP contribution in [0.4, 0.5) is 0 Å². The zero-order valence-electron chi connectivity index (χ0n) is 12.4. The van der Waals surface area contributed by atoms with Crippen molar-refractivity contribution in [2.75, 3.05) is 7.11 Å². The molecule has 0 aliphatic carbocycles. The second-order valence-electron chi connectivity index (χ2n) is 4.59. The van der Waals surface area contributed by atoms with E-state index in [-0.39, 0.29) is 21.9 Å². The van der Waals surface area contributed by atoms with Gasteiger partial charge in [0.15, 0.2) is 0 Å². The molecule has 0 fully saturated rings. The quantitative estimate of drug-likeness (QED) is 0.626. The van der Waals surface area contributed by atoms with Crippen molar-refractivity contribution >= 4 is 41.3 Å². The van der Waals surface area contributed by atoms with E-state index in [1.165, 1.54) is 43.7 Å². The normalized spacial score (nSPS) is 10.6. The highest BCUT2D eigenvalue weighted by Crippen LogP contribution is 2.21. The first-order valence-corrected chi connectivity index (χ1v) is 7.37. The van der Waals surface area contributed by atoms with Gasteiger partial charge in [-0.05, 0) is 42.0 Å². The van der Waals surface area contributed by atoms with E-state index in [4.69, 9.17) is 33.0 Å². The lowest BCUT2D eigenvalue weighted by Gasteiger charge is -2.05. The molecule has 1 amide bonds. The summed E-state index contributed by atoms with van der Waals surface area (Å²) in [6.07, 6.45) is 1.31. The Hall–Kier alpha value is -2.57. The number of nitrogens with zero attached hydrogens (tertiary/aromatic N) is 1. The standard InChI is InChI=1S/C16H12Cl2N2O4/c1-24-14-5-2-9(6-12(14)16(22)23)8-19-20-15(21)11-4-3-10(17)7-13(11)18/h2-8H,1H3,(H,20,21)(H,22,23)/b19-8-. The largest absolute Gasteiger partial charge is 0.496 e. The number of carbonyl (C=O) groups is 2. The van der Waals surface area contributed by atoms with Crippen LogP contribution in [0.5, 0.6) is 5.75 Å². The maximum absolute atomic E-state index is 12.0. The molecule has 124 valence electrons. The second-order valence-corrected chi connectivity index (χ2v) is 5.43. The van der Waals surface area contributed by atoms with E-state index < -0.39 is 11.9 Å². The number of carboxylic acids is 1. The van der Waals surface area contributed by atoms with Crippen LogP contribution in [0.25, 0.3) is 0 Å². The summed E-state index contributed by atoms with van der Waals surface area (Å²) in [5.41, 5.74) is 3.01. The van der Waals surface area contributed by atoms with Crippen LogP contribution in [-0.4, -0.2) is 30.3 Å². The SMILES string of the molecule is COc1ccc(/C=N\NC(=O)c2ccc(Cl)cc2Cl)cc1C(=O)O. The van der Waals surface area contributed by atoms with Crippen LogP contribution in [-0.2, 0) is 0 Å². The van der Waals surface area contributed by atoms with Crippen molar-refractivity contribution in [3.8, 4) is 5.75 Å². The minimum Gasteiger partial charge on any atom is -0.496 e. The summed E-state index contributed by atoms with van der Waals surface area (Å²) in [5, 5.41) is 13.5. The van der Waals surface area contributed by atoms with E-state index >= 15 is 0 Å². The number of carboxylic acid groups (broad SMARTS) is 1. The summed E-state index contributed by atoms with van der Waals surface area (Å²) >= 11 is 11.7. The van der Waals surface area contributed by atoms with E-state index in [0.717, 1.165) is 0 Å². The first-order valence-electron chi connectivity index (χ1n) is 6.62. The predicted molar refractivity (Wildman–Crippen MR) is 91.5 cm³/mol. The van der Waals surface area contributed by atoms with E-state index in [2.05, 4.69) is 10.5 Å². The Labute approximate surface area is 147 Å². The van der Waals surface area contributed by atoms with Crippen molar-refractivity contribution < 1.29 is 19.4 Å². The summed E-state index contributed by atoms with van der Waals surface area (Å²) in [5.74, 6) is -1.41. The number of benzene rings is 2. The molecule has 0 atom stereocenters. The fourth-order valence-electron chi connectivity index (χ4n) is 1.87. The summed E-state index contributed by atoms with van der Waals surface area (Å²) < 4.78 is 4.96. The number of amides is 1. The zero-order chi connectivity index (χ0) is 17.7. The van der Waals surface area contributed by atoms with Gasteiger partial charge in [0.05, 0.1) is 23.9 Å². The number of hydrogen-bond acceptors (Lipinski definition) is 4. The molecule has 2 aromatic rings. The topological polar surface area (TPSA) is 88.0 Å². The van der Waals surface area contributed by atoms with Crippen molar-refractivity contribution in [2.24, 2.45) is 5.10 Å². The smallest absolute Gasteiger partial charge is 0.339 e. The van der Waals surface area contributed by atoms with Crippen molar-refractivity contribution in [2.45, 2.75) is 0 Å². The molecule has 0 saturated carbocycles. The van der Waals surface area contributed by atoms with Crippen molar-refractivity contribution in [3.05, 3.63) is 63.1 Å².